The molecule has 1 aliphatic heterocycles. The van der Waals surface area contributed by atoms with Gasteiger partial charge in [0, 0.05) is 30.1 Å². The number of likely N-dealkylation sites (tertiary alicyclic amines) is 1. The van der Waals surface area contributed by atoms with Crippen LogP contribution in [0.1, 0.15) is 29.1 Å². The molecule has 0 aliphatic carbocycles. The lowest BCUT2D eigenvalue weighted by Crippen LogP contribution is -2.39. The van der Waals surface area contributed by atoms with Crippen molar-refractivity contribution in [1.82, 2.24) is 15.0 Å². The maximum absolute atomic E-state index is 14.0. The largest absolute Gasteiger partial charge is 0.497 e. The second-order valence-corrected chi connectivity index (χ2v) is 7.74. The fraction of sp³-hybridized carbons (Fsp3) is 0.318. The van der Waals surface area contributed by atoms with Crippen molar-refractivity contribution < 1.29 is 18.4 Å². The molecule has 2 aromatic carbocycles. The van der Waals surface area contributed by atoms with Crippen molar-refractivity contribution in [2.45, 2.75) is 19.3 Å². The molecule has 0 atom stereocenters. The molecule has 1 aromatic heterocycles. The van der Waals surface area contributed by atoms with E-state index in [1.807, 2.05) is 24.3 Å². The summed E-state index contributed by atoms with van der Waals surface area (Å²) in [6.45, 7) is 1.10. The summed E-state index contributed by atoms with van der Waals surface area (Å²) in [4.78, 5) is 18.8. The number of hydrogen-bond donors (Lipinski definition) is 0. The summed E-state index contributed by atoms with van der Waals surface area (Å²) < 4.78 is 24.6. The molecule has 0 spiro atoms. The van der Waals surface area contributed by atoms with E-state index in [1.54, 1.807) is 12.0 Å². The fourth-order valence-electron chi connectivity index (χ4n) is 3.64. The summed E-state index contributed by atoms with van der Waals surface area (Å²) in [5, 5.41) is 4.41. The van der Waals surface area contributed by atoms with Crippen LogP contribution in [-0.4, -0.2) is 41.1 Å². The Morgan fingerprint density at radius 3 is 2.83 bits per heavy atom. The minimum absolute atomic E-state index is 0.0146. The van der Waals surface area contributed by atoms with E-state index in [0.717, 1.165) is 24.2 Å². The zero-order valence-electron chi connectivity index (χ0n) is 16.5. The number of halogens is 2. The number of hydrogen-bond acceptors (Lipinski definition) is 5. The van der Waals surface area contributed by atoms with Gasteiger partial charge in [-0.3, -0.25) is 4.79 Å². The highest BCUT2D eigenvalue weighted by molar-refractivity contribution is 6.31. The molecule has 156 valence electrons. The van der Waals surface area contributed by atoms with Crippen LogP contribution in [0.2, 0.25) is 5.02 Å². The zero-order valence-corrected chi connectivity index (χ0v) is 17.2. The standard InChI is InChI=1S/C22H21ClFN3O3/c1-29-17-4-2-3-15(12-17)21-25-20(30-26-21)11-14-7-9-27(10-8-14)22(28)18-13-16(23)5-6-19(18)24/h2-6,12-14H,7-11H2,1H3. The maximum Gasteiger partial charge on any atom is 0.256 e. The Morgan fingerprint density at radius 2 is 2.07 bits per heavy atom. The van der Waals surface area contributed by atoms with Crippen molar-refractivity contribution in [2.75, 3.05) is 20.2 Å². The molecule has 1 amide bonds. The van der Waals surface area contributed by atoms with Crippen molar-refractivity contribution in [2.24, 2.45) is 5.92 Å². The molecule has 0 unspecified atom stereocenters. The average Bonchev–Trinajstić information content (AvgIpc) is 3.24. The van der Waals surface area contributed by atoms with Gasteiger partial charge in [0.05, 0.1) is 12.7 Å². The van der Waals surface area contributed by atoms with E-state index in [2.05, 4.69) is 10.1 Å². The molecule has 6 nitrogen and oxygen atoms in total. The van der Waals surface area contributed by atoms with Crippen molar-refractivity contribution in [3.63, 3.8) is 0 Å². The SMILES string of the molecule is COc1cccc(-c2noc(CC3CCN(C(=O)c4cc(Cl)ccc4F)CC3)n2)c1. The Balaban J connectivity index is 1.36. The van der Waals surface area contributed by atoms with Gasteiger partial charge < -0.3 is 14.2 Å². The van der Waals surface area contributed by atoms with Crippen LogP contribution in [-0.2, 0) is 6.42 Å². The molecule has 2 heterocycles. The van der Waals surface area contributed by atoms with Crippen molar-refractivity contribution in [1.29, 1.82) is 0 Å². The zero-order chi connectivity index (χ0) is 21.1. The molecule has 0 bridgehead atoms. The van der Waals surface area contributed by atoms with Crippen LogP contribution in [0.5, 0.6) is 5.75 Å². The van der Waals surface area contributed by atoms with Gasteiger partial charge in [-0.1, -0.05) is 28.9 Å². The van der Waals surface area contributed by atoms with Crippen LogP contribution in [0.15, 0.2) is 47.0 Å². The predicted octanol–water partition coefficient (Wildman–Crippen LogP) is 4.63. The lowest BCUT2D eigenvalue weighted by molar-refractivity contribution is 0.0682. The highest BCUT2D eigenvalue weighted by Crippen LogP contribution is 2.26. The molecule has 1 saturated heterocycles. The third kappa shape index (κ3) is 4.46. The van der Waals surface area contributed by atoms with Crippen LogP contribution < -0.4 is 4.74 Å². The maximum atomic E-state index is 14.0. The van der Waals surface area contributed by atoms with Gasteiger partial charge in [-0.2, -0.15) is 4.98 Å². The Bertz CT molecular complexity index is 1050. The first-order valence-corrected chi connectivity index (χ1v) is 10.1. The Hall–Kier alpha value is -2.93. The molecule has 0 saturated carbocycles. The number of aromatic nitrogens is 2. The molecular formula is C22H21ClFN3O3. The number of amides is 1. The van der Waals surface area contributed by atoms with Crippen molar-refractivity contribution >= 4 is 17.5 Å². The van der Waals surface area contributed by atoms with Gasteiger partial charge >= 0.3 is 0 Å². The summed E-state index contributed by atoms with van der Waals surface area (Å²) in [7, 11) is 1.61. The summed E-state index contributed by atoms with van der Waals surface area (Å²) >= 11 is 5.91. The van der Waals surface area contributed by atoms with E-state index in [-0.39, 0.29) is 11.5 Å². The minimum atomic E-state index is -0.553. The predicted molar refractivity (Wildman–Crippen MR) is 110 cm³/mol. The lowest BCUT2D eigenvalue weighted by Gasteiger charge is -2.31. The van der Waals surface area contributed by atoms with Gasteiger partial charge in [-0.15, -0.1) is 0 Å². The van der Waals surface area contributed by atoms with Crippen LogP contribution in [0.3, 0.4) is 0 Å². The minimum Gasteiger partial charge on any atom is -0.497 e. The summed E-state index contributed by atoms with van der Waals surface area (Å²) in [5.41, 5.74) is 0.842. The second-order valence-electron chi connectivity index (χ2n) is 7.31. The van der Waals surface area contributed by atoms with Crippen molar-refractivity contribution in [3.05, 3.63) is 64.8 Å². The van der Waals surface area contributed by atoms with Crippen LogP contribution in [0.4, 0.5) is 4.39 Å². The number of carbonyl (C=O) groups excluding carboxylic acids is 1. The van der Waals surface area contributed by atoms with Gasteiger partial charge in [0.1, 0.15) is 11.6 Å². The molecule has 1 aliphatic rings. The van der Waals surface area contributed by atoms with E-state index in [4.69, 9.17) is 20.9 Å². The quantitative estimate of drug-likeness (QED) is 0.591. The normalized spacial score (nSPS) is 14.7. The summed E-state index contributed by atoms with van der Waals surface area (Å²) in [6.07, 6.45) is 2.21. The van der Waals surface area contributed by atoms with Gasteiger partial charge in [-0.05, 0) is 49.1 Å². The average molecular weight is 430 g/mol. The number of ether oxygens (including phenoxy) is 1. The number of benzene rings is 2. The Labute approximate surface area is 178 Å². The number of nitrogens with zero attached hydrogens (tertiary/aromatic N) is 3. The third-order valence-corrected chi connectivity index (χ3v) is 5.55. The molecule has 0 N–H and O–H groups in total. The second kappa shape index (κ2) is 8.83. The topological polar surface area (TPSA) is 68.5 Å². The summed E-state index contributed by atoms with van der Waals surface area (Å²) in [6, 6.07) is 11.5. The monoisotopic (exact) mass is 429 g/mol. The summed E-state index contributed by atoms with van der Waals surface area (Å²) in [5.74, 6) is 1.25. The number of methoxy groups -OCH3 is 1. The van der Waals surface area contributed by atoms with Gasteiger partial charge in [-0.25, -0.2) is 4.39 Å². The third-order valence-electron chi connectivity index (χ3n) is 5.32. The van der Waals surface area contributed by atoms with Gasteiger partial charge in [0.25, 0.3) is 5.91 Å². The van der Waals surface area contributed by atoms with E-state index in [9.17, 15) is 9.18 Å². The molecular weight excluding hydrogens is 409 g/mol. The first-order chi connectivity index (χ1) is 14.5. The molecule has 30 heavy (non-hydrogen) atoms. The van der Waals surface area contributed by atoms with Crippen molar-refractivity contribution in [3.8, 4) is 17.1 Å². The molecule has 3 aromatic rings. The van der Waals surface area contributed by atoms with E-state index >= 15 is 0 Å². The number of rotatable bonds is 5. The lowest BCUT2D eigenvalue weighted by atomic mass is 9.93. The molecule has 4 rings (SSSR count). The first kappa shape index (κ1) is 20.3. The highest BCUT2D eigenvalue weighted by atomic mass is 35.5. The highest BCUT2D eigenvalue weighted by Gasteiger charge is 2.27. The van der Waals surface area contributed by atoms with E-state index < -0.39 is 5.82 Å². The van der Waals surface area contributed by atoms with Gasteiger partial charge in [0.15, 0.2) is 0 Å². The van der Waals surface area contributed by atoms with Crippen LogP contribution in [0, 0.1) is 11.7 Å². The van der Waals surface area contributed by atoms with Crippen LogP contribution in [0.25, 0.3) is 11.4 Å². The van der Waals surface area contributed by atoms with E-state index in [0.29, 0.717) is 42.2 Å². The smallest absolute Gasteiger partial charge is 0.256 e. The van der Waals surface area contributed by atoms with E-state index in [1.165, 1.54) is 18.2 Å². The molecule has 8 heteroatoms. The number of piperidine rings is 1. The Morgan fingerprint density at radius 1 is 1.27 bits per heavy atom. The van der Waals surface area contributed by atoms with Crippen LogP contribution >= 0.6 is 11.6 Å². The Kier molecular flexibility index (Phi) is 5.99. The number of carbonyl (C=O) groups is 1. The molecule has 1 fully saturated rings. The van der Waals surface area contributed by atoms with Gasteiger partial charge in [0.2, 0.25) is 11.7 Å². The molecule has 0 radical (unpaired) electrons. The first-order valence-electron chi connectivity index (χ1n) is 9.75. The fourth-order valence-corrected chi connectivity index (χ4v) is 3.81.